The fraction of sp³-hybridized carbons (Fsp3) is 0.450. The molecule has 0 amide bonds. The molecule has 0 spiro atoms. The minimum absolute atomic E-state index is 0.274. The fourth-order valence-electron chi connectivity index (χ4n) is 4.21. The lowest BCUT2D eigenvalue weighted by Crippen LogP contribution is -2.48. The van der Waals surface area contributed by atoms with E-state index in [1.165, 1.54) is 35.0 Å². The van der Waals surface area contributed by atoms with Crippen molar-refractivity contribution in [2.75, 3.05) is 31.1 Å². The van der Waals surface area contributed by atoms with E-state index in [0.717, 1.165) is 30.1 Å². The van der Waals surface area contributed by atoms with E-state index >= 15 is 0 Å². The highest BCUT2D eigenvalue weighted by Gasteiger charge is 2.30. The Kier molecular flexibility index (Phi) is 4.87. The van der Waals surface area contributed by atoms with Crippen molar-refractivity contribution in [1.82, 2.24) is 18.9 Å². The molecule has 3 heterocycles. The molecule has 3 aromatic rings. The van der Waals surface area contributed by atoms with E-state index in [1.54, 1.807) is 14.9 Å². The molecule has 1 aliphatic heterocycles. The SMILES string of the molecule is Cc1cc(=O)nc2sc(N3CCN(S(=O)(=O)c4ccc5c(c4)CCCC5)CC3)nn12. The zero-order chi connectivity index (χ0) is 20.9. The molecular weight excluding hydrogens is 422 g/mol. The van der Waals surface area contributed by atoms with Crippen LogP contribution in [0.15, 0.2) is 34.0 Å². The van der Waals surface area contributed by atoms with Gasteiger partial charge in [-0.2, -0.15) is 9.29 Å². The predicted octanol–water partition coefficient (Wildman–Crippen LogP) is 1.85. The van der Waals surface area contributed by atoms with Gasteiger partial charge in [0.1, 0.15) is 0 Å². The molecule has 0 unspecified atom stereocenters. The zero-order valence-corrected chi connectivity index (χ0v) is 18.4. The quantitative estimate of drug-likeness (QED) is 0.611. The summed E-state index contributed by atoms with van der Waals surface area (Å²) in [6.07, 6.45) is 4.30. The van der Waals surface area contributed by atoms with Gasteiger partial charge in [-0.25, -0.2) is 12.9 Å². The molecule has 2 aliphatic rings. The van der Waals surface area contributed by atoms with E-state index in [0.29, 0.717) is 36.0 Å². The average Bonchev–Trinajstić information content (AvgIpc) is 3.18. The van der Waals surface area contributed by atoms with Crippen LogP contribution >= 0.6 is 11.3 Å². The lowest BCUT2D eigenvalue weighted by atomic mass is 9.92. The summed E-state index contributed by atoms with van der Waals surface area (Å²) in [5.41, 5.74) is 2.92. The second-order valence-electron chi connectivity index (χ2n) is 7.84. The maximum Gasteiger partial charge on any atom is 0.274 e. The summed E-state index contributed by atoms with van der Waals surface area (Å²) in [7, 11) is -3.51. The van der Waals surface area contributed by atoms with Gasteiger partial charge in [0.05, 0.1) is 4.90 Å². The van der Waals surface area contributed by atoms with Crippen molar-refractivity contribution in [2.45, 2.75) is 37.5 Å². The van der Waals surface area contributed by atoms with Crippen LogP contribution in [-0.2, 0) is 22.9 Å². The van der Waals surface area contributed by atoms with Crippen LogP contribution in [-0.4, -0.2) is 53.5 Å². The van der Waals surface area contributed by atoms with Crippen LogP contribution in [0.5, 0.6) is 0 Å². The molecule has 1 saturated heterocycles. The first-order chi connectivity index (χ1) is 14.4. The Morgan fingerprint density at radius 3 is 2.50 bits per heavy atom. The van der Waals surface area contributed by atoms with Gasteiger partial charge in [-0.3, -0.25) is 4.79 Å². The third-order valence-electron chi connectivity index (χ3n) is 5.89. The Labute approximate surface area is 178 Å². The topological polar surface area (TPSA) is 87.9 Å². The Morgan fingerprint density at radius 1 is 1.00 bits per heavy atom. The number of benzene rings is 1. The Balaban J connectivity index is 1.34. The minimum Gasteiger partial charge on any atom is -0.344 e. The number of nitrogens with zero attached hydrogens (tertiary/aromatic N) is 5. The molecule has 1 aliphatic carbocycles. The smallest absolute Gasteiger partial charge is 0.274 e. The number of hydrogen-bond acceptors (Lipinski definition) is 7. The highest BCUT2D eigenvalue weighted by Crippen LogP contribution is 2.28. The van der Waals surface area contributed by atoms with E-state index in [9.17, 15) is 13.2 Å². The molecule has 1 fully saturated rings. The van der Waals surface area contributed by atoms with Crippen LogP contribution in [0, 0.1) is 6.92 Å². The molecule has 0 atom stereocenters. The monoisotopic (exact) mass is 445 g/mol. The third kappa shape index (κ3) is 3.42. The molecule has 0 bridgehead atoms. The summed E-state index contributed by atoms with van der Waals surface area (Å²) in [5, 5.41) is 5.31. The standard InChI is InChI=1S/C20H23N5O3S2/c1-14-12-18(26)21-19-25(14)22-20(29-19)23-8-10-24(11-9-23)30(27,28)17-7-6-15-4-2-3-5-16(15)13-17/h6-7,12-13H,2-5,8-11H2,1H3. The number of sulfonamides is 1. The largest absolute Gasteiger partial charge is 0.344 e. The Morgan fingerprint density at radius 2 is 1.73 bits per heavy atom. The lowest BCUT2D eigenvalue weighted by molar-refractivity contribution is 0.384. The van der Waals surface area contributed by atoms with Crippen molar-refractivity contribution < 1.29 is 8.42 Å². The number of anilines is 1. The van der Waals surface area contributed by atoms with Gasteiger partial charge in [-0.15, -0.1) is 5.10 Å². The van der Waals surface area contributed by atoms with Crippen molar-refractivity contribution in [3.8, 4) is 0 Å². The van der Waals surface area contributed by atoms with Crippen LogP contribution in [0.3, 0.4) is 0 Å². The van der Waals surface area contributed by atoms with Crippen molar-refractivity contribution in [3.63, 3.8) is 0 Å². The van der Waals surface area contributed by atoms with E-state index in [2.05, 4.69) is 15.0 Å². The van der Waals surface area contributed by atoms with Gasteiger partial charge >= 0.3 is 0 Å². The van der Waals surface area contributed by atoms with Gasteiger partial charge in [0.15, 0.2) is 0 Å². The maximum atomic E-state index is 13.2. The summed E-state index contributed by atoms with van der Waals surface area (Å²) in [4.78, 5) is 18.7. The van der Waals surface area contributed by atoms with E-state index in [1.807, 2.05) is 19.1 Å². The van der Waals surface area contributed by atoms with Crippen LogP contribution < -0.4 is 10.5 Å². The average molecular weight is 446 g/mol. The van der Waals surface area contributed by atoms with Gasteiger partial charge in [-0.1, -0.05) is 17.4 Å². The lowest BCUT2D eigenvalue weighted by Gasteiger charge is -2.33. The Bertz CT molecular complexity index is 1270. The fourth-order valence-corrected chi connectivity index (χ4v) is 6.68. The summed E-state index contributed by atoms with van der Waals surface area (Å²) in [6, 6.07) is 7.07. The molecule has 0 saturated carbocycles. The normalized spacial score (nSPS) is 18.0. The second-order valence-corrected chi connectivity index (χ2v) is 10.7. The van der Waals surface area contributed by atoms with Crippen molar-refractivity contribution in [1.29, 1.82) is 0 Å². The Hall–Kier alpha value is -2.30. The third-order valence-corrected chi connectivity index (χ3v) is 8.75. The van der Waals surface area contributed by atoms with Gasteiger partial charge < -0.3 is 4.90 Å². The van der Waals surface area contributed by atoms with Crippen molar-refractivity contribution in [2.24, 2.45) is 0 Å². The molecule has 30 heavy (non-hydrogen) atoms. The minimum atomic E-state index is -3.51. The van der Waals surface area contributed by atoms with Gasteiger partial charge in [-0.05, 0) is 55.9 Å². The first kappa shape index (κ1) is 19.7. The van der Waals surface area contributed by atoms with Gasteiger partial charge in [0, 0.05) is 37.9 Å². The summed E-state index contributed by atoms with van der Waals surface area (Å²) in [5.74, 6) is 0. The number of aromatic nitrogens is 3. The van der Waals surface area contributed by atoms with Crippen LogP contribution in [0.4, 0.5) is 5.13 Å². The summed E-state index contributed by atoms with van der Waals surface area (Å²) >= 11 is 1.35. The van der Waals surface area contributed by atoms with Crippen molar-refractivity contribution in [3.05, 3.63) is 51.4 Å². The van der Waals surface area contributed by atoms with E-state index < -0.39 is 10.0 Å². The number of aryl methyl sites for hydroxylation is 3. The van der Waals surface area contributed by atoms with Crippen LogP contribution in [0.2, 0.25) is 0 Å². The van der Waals surface area contributed by atoms with Crippen LogP contribution in [0.25, 0.3) is 4.96 Å². The number of fused-ring (bicyclic) bond motifs is 2. The number of rotatable bonds is 3. The first-order valence-electron chi connectivity index (χ1n) is 10.2. The molecular formula is C20H23N5O3S2. The molecule has 0 N–H and O–H groups in total. The summed E-state index contributed by atoms with van der Waals surface area (Å²) < 4.78 is 29.6. The van der Waals surface area contributed by atoms with Crippen molar-refractivity contribution >= 4 is 31.5 Å². The summed E-state index contributed by atoms with van der Waals surface area (Å²) in [6.45, 7) is 3.72. The molecule has 0 radical (unpaired) electrons. The molecule has 10 heteroatoms. The maximum absolute atomic E-state index is 13.2. The second kappa shape index (κ2) is 7.44. The number of hydrogen-bond donors (Lipinski definition) is 0. The molecule has 158 valence electrons. The molecule has 8 nitrogen and oxygen atoms in total. The first-order valence-corrected chi connectivity index (χ1v) is 12.4. The molecule has 1 aromatic carbocycles. The number of piperazine rings is 1. The molecule has 2 aromatic heterocycles. The zero-order valence-electron chi connectivity index (χ0n) is 16.7. The highest BCUT2D eigenvalue weighted by atomic mass is 32.2. The van der Waals surface area contributed by atoms with E-state index in [4.69, 9.17) is 0 Å². The predicted molar refractivity (Wildman–Crippen MR) is 116 cm³/mol. The highest BCUT2D eigenvalue weighted by molar-refractivity contribution is 7.89. The van der Waals surface area contributed by atoms with Crippen LogP contribution in [0.1, 0.15) is 29.7 Å². The van der Waals surface area contributed by atoms with E-state index in [-0.39, 0.29) is 5.56 Å². The van der Waals surface area contributed by atoms with Gasteiger partial charge in [0.25, 0.3) is 5.56 Å². The molecule has 5 rings (SSSR count). The van der Waals surface area contributed by atoms with Gasteiger partial charge in [0.2, 0.25) is 20.1 Å².